The fourth-order valence-corrected chi connectivity index (χ4v) is 1.61. The lowest BCUT2D eigenvalue weighted by atomic mass is 9.92. The summed E-state index contributed by atoms with van der Waals surface area (Å²) in [6, 6.07) is 0. The van der Waals surface area contributed by atoms with Crippen molar-refractivity contribution < 1.29 is 19.1 Å². The third-order valence-corrected chi connectivity index (χ3v) is 2.40. The van der Waals surface area contributed by atoms with Crippen molar-refractivity contribution in [3.63, 3.8) is 0 Å². The van der Waals surface area contributed by atoms with E-state index in [1.54, 1.807) is 13.0 Å². The number of carbonyl (C=O) groups excluding carboxylic acids is 2. The summed E-state index contributed by atoms with van der Waals surface area (Å²) in [4.78, 5) is 23.8. The van der Waals surface area contributed by atoms with E-state index in [1.807, 2.05) is 0 Å². The molecule has 1 aliphatic carbocycles. The molecule has 0 heterocycles. The maximum Gasteiger partial charge on any atom is 0.228 e. The fraction of sp³-hybridized carbons (Fsp3) is 0.333. The van der Waals surface area contributed by atoms with Crippen molar-refractivity contribution in [1.82, 2.24) is 0 Å². The summed E-state index contributed by atoms with van der Waals surface area (Å²) in [5, 5.41) is 0. The Hall–Kier alpha value is -1.84. The average Bonchev–Trinajstić information content (AvgIpc) is 2.27. The van der Waals surface area contributed by atoms with Crippen LogP contribution >= 0.6 is 0 Å². The lowest BCUT2D eigenvalue weighted by Crippen LogP contribution is -2.24. The highest BCUT2D eigenvalue weighted by atomic mass is 16.5. The SMILES string of the molecule is C=CCC1=C(OC)C(=O)C(C)=C(OC)C1=O. The Morgan fingerprint density at radius 3 is 2.12 bits per heavy atom. The Morgan fingerprint density at radius 2 is 1.69 bits per heavy atom. The molecule has 0 bridgehead atoms. The predicted molar refractivity (Wildman–Crippen MR) is 58.6 cm³/mol. The van der Waals surface area contributed by atoms with Crippen molar-refractivity contribution in [2.75, 3.05) is 14.2 Å². The van der Waals surface area contributed by atoms with Crippen molar-refractivity contribution in [1.29, 1.82) is 0 Å². The van der Waals surface area contributed by atoms with Crippen LogP contribution in [0.4, 0.5) is 0 Å². The molecule has 0 saturated heterocycles. The number of rotatable bonds is 4. The summed E-state index contributed by atoms with van der Waals surface area (Å²) >= 11 is 0. The van der Waals surface area contributed by atoms with E-state index in [1.165, 1.54) is 14.2 Å². The van der Waals surface area contributed by atoms with Crippen LogP contribution in [0.1, 0.15) is 13.3 Å². The van der Waals surface area contributed by atoms with E-state index in [-0.39, 0.29) is 35.1 Å². The number of ether oxygens (including phenoxy) is 2. The zero-order valence-electron chi connectivity index (χ0n) is 9.62. The minimum absolute atomic E-state index is 0.0858. The fourth-order valence-electron chi connectivity index (χ4n) is 1.61. The van der Waals surface area contributed by atoms with Crippen LogP contribution in [0, 0.1) is 0 Å². The van der Waals surface area contributed by atoms with Gasteiger partial charge in [-0.3, -0.25) is 9.59 Å². The third kappa shape index (κ3) is 1.78. The number of hydrogen-bond acceptors (Lipinski definition) is 4. The van der Waals surface area contributed by atoms with Gasteiger partial charge in [0.25, 0.3) is 0 Å². The largest absolute Gasteiger partial charge is 0.492 e. The molecule has 4 nitrogen and oxygen atoms in total. The molecule has 0 fully saturated rings. The second-order valence-corrected chi connectivity index (χ2v) is 3.32. The number of ketones is 2. The molecule has 0 aromatic heterocycles. The van der Waals surface area contributed by atoms with Crippen molar-refractivity contribution >= 4 is 11.6 Å². The van der Waals surface area contributed by atoms with Gasteiger partial charge in [0, 0.05) is 5.57 Å². The Kier molecular flexibility index (Phi) is 3.66. The second kappa shape index (κ2) is 4.79. The first-order chi connectivity index (χ1) is 7.58. The maximum atomic E-state index is 12.0. The van der Waals surface area contributed by atoms with E-state index < -0.39 is 0 Å². The first kappa shape index (κ1) is 12.2. The molecule has 0 unspecified atom stereocenters. The van der Waals surface area contributed by atoms with E-state index in [0.29, 0.717) is 5.57 Å². The van der Waals surface area contributed by atoms with Gasteiger partial charge in [-0.1, -0.05) is 6.08 Å². The van der Waals surface area contributed by atoms with Crippen LogP contribution in [0.2, 0.25) is 0 Å². The van der Waals surface area contributed by atoms with Crippen LogP contribution in [-0.4, -0.2) is 25.8 Å². The highest BCUT2D eigenvalue weighted by Gasteiger charge is 2.33. The highest BCUT2D eigenvalue weighted by molar-refractivity contribution is 6.23. The predicted octanol–water partition coefficient (Wildman–Crippen LogP) is 1.54. The molecule has 0 aromatic rings. The van der Waals surface area contributed by atoms with Crippen LogP contribution in [0.15, 0.2) is 35.3 Å². The van der Waals surface area contributed by atoms with Gasteiger partial charge in [0.15, 0.2) is 11.5 Å². The molecule has 0 radical (unpaired) electrons. The molecular weight excluding hydrogens is 208 g/mol. The topological polar surface area (TPSA) is 52.6 Å². The molecule has 0 saturated carbocycles. The molecule has 16 heavy (non-hydrogen) atoms. The minimum atomic E-state index is -0.309. The molecule has 0 N–H and O–H groups in total. The summed E-state index contributed by atoms with van der Waals surface area (Å²) in [6.07, 6.45) is 1.83. The number of allylic oxidation sites excluding steroid dienone is 3. The smallest absolute Gasteiger partial charge is 0.228 e. The molecule has 0 spiro atoms. The van der Waals surface area contributed by atoms with Gasteiger partial charge in [-0.15, -0.1) is 6.58 Å². The van der Waals surface area contributed by atoms with Gasteiger partial charge in [-0.05, 0) is 13.3 Å². The van der Waals surface area contributed by atoms with E-state index >= 15 is 0 Å². The van der Waals surface area contributed by atoms with Crippen LogP contribution in [0.25, 0.3) is 0 Å². The molecule has 0 atom stereocenters. The number of hydrogen-bond donors (Lipinski definition) is 0. The summed E-state index contributed by atoms with van der Waals surface area (Å²) in [6.45, 7) is 5.09. The van der Waals surface area contributed by atoms with Crippen LogP contribution in [0.5, 0.6) is 0 Å². The quantitative estimate of drug-likeness (QED) is 0.534. The Balaban J connectivity index is 3.32. The van der Waals surface area contributed by atoms with Gasteiger partial charge >= 0.3 is 0 Å². The average molecular weight is 222 g/mol. The molecule has 0 amide bonds. The second-order valence-electron chi connectivity index (χ2n) is 3.32. The maximum absolute atomic E-state index is 12.0. The normalized spacial score (nSPS) is 16.7. The molecule has 1 rings (SSSR count). The molecule has 86 valence electrons. The van der Waals surface area contributed by atoms with Crippen molar-refractivity contribution in [3.05, 3.63) is 35.3 Å². The van der Waals surface area contributed by atoms with Crippen molar-refractivity contribution in [2.24, 2.45) is 0 Å². The minimum Gasteiger partial charge on any atom is -0.492 e. The molecule has 0 aliphatic heterocycles. The van der Waals surface area contributed by atoms with E-state index in [9.17, 15) is 9.59 Å². The monoisotopic (exact) mass is 222 g/mol. The lowest BCUT2D eigenvalue weighted by molar-refractivity contribution is -0.120. The number of methoxy groups -OCH3 is 2. The lowest BCUT2D eigenvalue weighted by Gasteiger charge is -2.19. The molecule has 1 aliphatic rings. The van der Waals surface area contributed by atoms with Gasteiger partial charge in [0.1, 0.15) is 0 Å². The van der Waals surface area contributed by atoms with E-state index in [0.717, 1.165) is 0 Å². The van der Waals surface area contributed by atoms with E-state index in [4.69, 9.17) is 9.47 Å². The summed E-state index contributed by atoms with van der Waals surface area (Å²) in [7, 11) is 2.74. The van der Waals surface area contributed by atoms with Gasteiger partial charge < -0.3 is 9.47 Å². The van der Waals surface area contributed by atoms with Crippen LogP contribution in [0.3, 0.4) is 0 Å². The van der Waals surface area contributed by atoms with Crippen LogP contribution < -0.4 is 0 Å². The van der Waals surface area contributed by atoms with Gasteiger partial charge in [0.2, 0.25) is 11.6 Å². The van der Waals surface area contributed by atoms with Gasteiger partial charge in [0.05, 0.1) is 19.8 Å². The Morgan fingerprint density at radius 1 is 1.12 bits per heavy atom. The van der Waals surface area contributed by atoms with Crippen molar-refractivity contribution in [3.8, 4) is 0 Å². The zero-order chi connectivity index (χ0) is 12.3. The summed E-state index contributed by atoms with van der Waals surface area (Å²) in [5.41, 5.74) is 0.571. The first-order valence-electron chi connectivity index (χ1n) is 4.80. The van der Waals surface area contributed by atoms with Gasteiger partial charge in [-0.2, -0.15) is 0 Å². The standard InChI is InChI=1S/C12H14O4/c1-5-6-8-10(14)11(15-3)7(2)9(13)12(8)16-4/h5H,1,6H2,2-4H3. The third-order valence-electron chi connectivity index (χ3n) is 2.40. The molecule has 4 heteroatoms. The Labute approximate surface area is 94.2 Å². The first-order valence-corrected chi connectivity index (χ1v) is 4.80. The molecule has 0 aromatic carbocycles. The summed E-state index contributed by atoms with van der Waals surface area (Å²) < 4.78 is 9.91. The zero-order valence-corrected chi connectivity index (χ0v) is 9.62. The van der Waals surface area contributed by atoms with Crippen LogP contribution in [-0.2, 0) is 19.1 Å². The summed E-state index contributed by atoms with van der Waals surface area (Å²) in [5.74, 6) is -0.446. The van der Waals surface area contributed by atoms with Gasteiger partial charge in [-0.25, -0.2) is 0 Å². The number of Topliss-reactive ketones (excluding diaryl/α,β-unsaturated/α-hetero) is 2. The number of carbonyl (C=O) groups is 2. The van der Waals surface area contributed by atoms with Crippen molar-refractivity contribution in [2.45, 2.75) is 13.3 Å². The Bertz CT molecular complexity index is 413. The van der Waals surface area contributed by atoms with E-state index in [2.05, 4.69) is 6.58 Å². The highest BCUT2D eigenvalue weighted by Crippen LogP contribution is 2.27. The molecular formula is C12H14O4.